The Morgan fingerprint density at radius 2 is 2.19 bits per heavy atom. The fraction of sp³-hybridized carbons (Fsp3) is 0.316. The van der Waals surface area contributed by atoms with Gasteiger partial charge in [0.15, 0.2) is 5.13 Å². The minimum absolute atomic E-state index is 0.0785. The van der Waals surface area contributed by atoms with Gasteiger partial charge in [-0.3, -0.25) is 9.59 Å². The molecular weight excluding hydrogens is 348 g/mol. The van der Waals surface area contributed by atoms with Crippen LogP contribution in [0.5, 0.6) is 0 Å². The lowest BCUT2D eigenvalue weighted by molar-refractivity contribution is -0.119. The molecule has 6 nitrogen and oxygen atoms in total. The number of aromatic nitrogens is 2. The van der Waals surface area contributed by atoms with Gasteiger partial charge in [-0.1, -0.05) is 18.2 Å². The van der Waals surface area contributed by atoms with E-state index in [4.69, 9.17) is 0 Å². The van der Waals surface area contributed by atoms with Gasteiger partial charge in [0.2, 0.25) is 5.91 Å². The van der Waals surface area contributed by atoms with Crippen LogP contribution in [0.3, 0.4) is 0 Å². The van der Waals surface area contributed by atoms with Crippen LogP contribution in [0.4, 0.5) is 5.13 Å². The lowest BCUT2D eigenvalue weighted by atomic mass is 10.1. The number of nitrogens with one attached hydrogen (secondary N) is 1. The second-order valence-electron chi connectivity index (χ2n) is 6.33. The zero-order valence-corrected chi connectivity index (χ0v) is 15.3. The first-order valence-electron chi connectivity index (χ1n) is 8.78. The Kier molecular flexibility index (Phi) is 4.46. The lowest BCUT2D eigenvalue weighted by Gasteiger charge is -2.23. The number of carbonyl (C=O) groups is 2. The fourth-order valence-electron chi connectivity index (χ4n) is 3.59. The third kappa shape index (κ3) is 2.88. The number of nitrogens with zero attached hydrogens (tertiary/aromatic N) is 3. The molecule has 7 heteroatoms. The number of para-hydroxylation sites is 1. The van der Waals surface area contributed by atoms with Crippen molar-refractivity contribution < 1.29 is 9.59 Å². The molecule has 0 aliphatic carbocycles. The second kappa shape index (κ2) is 6.92. The Hall–Kier alpha value is -2.67. The van der Waals surface area contributed by atoms with E-state index in [1.165, 1.54) is 11.3 Å². The number of carbonyl (C=O) groups excluding carboxylic acids is 2. The van der Waals surface area contributed by atoms with Gasteiger partial charge in [-0.05, 0) is 25.8 Å². The maximum Gasteiger partial charge on any atom is 0.256 e. The van der Waals surface area contributed by atoms with Crippen LogP contribution in [0.15, 0.2) is 42.0 Å². The molecule has 2 aromatic heterocycles. The minimum Gasteiger partial charge on any atom is -0.347 e. The van der Waals surface area contributed by atoms with Crippen LogP contribution < -0.4 is 5.32 Å². The van der Waals surface area contributed by atoms with E-state index in [-0.39, 0.29) is 11.8 Å². The Morgan fingerprint density at radius 3 is 2.96 bits per heavy atom. The standard InChI is InChI=1S/C19H20N4O2S/c1-2-22-12-14(13-6-3-4-7-15(13)22)18(25)23-10-5-8-16(23)17(24)21-19-20-9-11-26-19/h3-4,6-7,9,11-12,16H,2,5,8,10H2,1H3,(H,20,21,24). The predicted molar refractivity (Wildman–Crippen MR) is 102 cm³/mol. The summed E-state index contributed by atoms with van der Waals surface area (Å²) >= 11 is 1.37. The van der Waals surface area contributed by atoms with Crippen LogP contribution >= 0.6 is 11.3 Å². The Bertz CT molecular complexity index is 948. The average molecular weight is 368 g/mol. The van der Waals surface area contributed by atoms with E-state index < -0.39 is 6.04 Å². The Morgan fingerprint density at radius 1 is 1.35 bits per heavy atom. The summed E-state index contributed by atoms with van der Waals surface area (Å²) in [5.74, 6) is -0.241. The molecule has 2 amide bonds. The van der Waals surface area contributed by atoms with Crippen molar-refractivity contribution in [3.8, 4) is 0 Å². The first kappa shape index (κ1) is 16.8. The van der Waals surface area contributed by atoms with Gasteiger partial charge in [0.25, 0.3) is 5.91 Å². The molecule has 0 saturated carbocycles. The smallest absolute Gasteiger partial charge is 0.256 e. The highest BCUT2D eigenvalue weighted by Crippen LogP contribution is 2.27. The highest BCUT2D eigenvalue weighted by atomic mass is 32.1. The minimum atomic E-state index is -0.449. The van der Waals surface area contributed by atoms with Crippen molar-refractivity contribution in [2.75, 3.05) is 11.9 Å². The quantitative estimate of drug-likeness (QED) is 0.768. The van der Waals surface area contributed by atoms with Crippen molar-refractivity contribution in [3.05, 3.63) is 47.6 Å². The van der Waals surface area contributed by atoms with Crippen molar-refractivity contribution in [1.29, 1.82) is 0 Å². The predicted octanol–water partition coefficient (Wildman–Crippen LogP) is 3.36. The van der Waals surface area contributed by atoms with Gasteiger partial charge >= 0.3 is 0 Å². The molecule has 1 saturated heterocycles. The molecule has 1 fully saturated rings. The summed E-state index contributed by atoms with van der Waals surface area (Å²) in [5.41, 5.74) is 1.71. The number of hydrogen-bond acceptors (Lipinski definition) is 4. The van der Waals surface area contributed by atoms with E-state index in [1.54, 1.807) is 11.1 Å². The van der Waals surface area contributed by atoms with Crippen LogP contribution in [0.1, 0.15) is 30.1 Å². The largest absolute Gasteiger partial charge is 0.347 e. The van der Waals surface area contributed by atoms with Gasteiger partial charge in [0.05, 0.1) is 5.56 Å². The SMILES string of the molecule is CCn1cc(C(=O)N2CCCC2C(=O)Nc2nccs2)c2ccccc21. The van der Waals surface area contributed by atoms with Crippen LogP contribution in [0.25, 0.3) is 10.9 Å². The van der Waals surface area contributed by atoms with Crippen LogP contribution in [-0.2, 0) is 11.3 Å². The van der Waals surface area contributed by atoms with E-state index >= 15 is 0 Å². The summed E-state index contributed by atoms with van der Waals surface area (Å²) in [4.78, 5) is 31.7. The zero-order valence-electron chi connectivity index (χ0n) is 14.5. The third-order valence-corrected chi connectivity index (χ3v) is 5.53. The van der Waals surface area contributed by atoms with Gasteiger partial charge < -0.3 is 14.8 Å². The normalized spacial score (nSPS) is 17.0. The number of aryl methyl sites for hydroxylation is 1. The summed E-state index contributed by atoms with van der Waals surface area (Å²) in [6, 6.07) is 7.45. The second-order valence-corrected chi connectivity index (χ2v) is 7.22. The monoisotopic (exact) mass is 368 g/mol. The van der Waals surface area contributed by atoms with Gasteiger partial charge in [0.1, 0.15) is 6.04 Å². The summed E-state index contributed by atoms with van der Waals surface area (Å²) in [5, 5.41) is 6.14. The molecule has 134 valence electrons. The summed E-state index contributed by atoms with van der Waals surface area (Å²) in [6.07, 6.45) is 5.06. The Labute approximate surface area is 155 Å². The average Bonchev–Trinajstić information content (AvgIpc) is 3.40. The molecule has 0 spiro atoms. The van der Waals surface area contributed by atoms with E-state index in [0.29, 0.717) is 23.7 Å². The number of amides is 2. The number of benzene rings is 1. The third-order valence-electron chi connectivity index (χ3n) is 4.84. The molecule has 1 aliphatic heterocycles. The van der Waals surface area contributed by atoms with Crippen molar-refractivity contribution in [3.63, 3.8) is 0 Å². The van der Waals surface area contributed by atoms with Crippen molar-refractivity contribution in [1.82, 2.24) is 14.5 Å². The molecule has 1 aliphatic rings. The van der Waals surface area contributed by atoms with Crippen LogP contribution in [0, 0.1) is 0 Å². The van der Waals surface area contributed by atoms with Gasteiger partial charge in [0, 0.05) is 41.8 Å². The first-order chi connectivity index (χ1) is 12.7. The summed E-state index contributed by atoms with van der Waals surface area (Å²) in [7, 11) is 0. The maximum atomic E-state index is 13.2. The van der Waals surface area contributed by atoms with E-state index in [1.807, 2.05) is 35.8 Å². The van der Waals surface area contributed by atoms with Crippen LogP contribution in [0.2, 0.25) is 0 Å². The molecular formula is C19H20N4O2S. The van der Waals surface area contributed by atoms with E-state index in [0.717, 1.165) is 23.9 Å². The Balaban J connectivity index is 1.62. The number of fused-ring (bicyclic) bond motifs is 1. The molecule has 1 atom stereocenters. The molecule has 3 heterocycles. The molecule has 0 bridgehead atoms. The van der Waals surface area contributed by atoms with Crippen molar-refractivity contribution in [2.24, 2.45) is 0 Å². The molecule has 1 N–H and O–H groups in total. The first-order valence-corrected chi connectivity index (χ1v) is 9.66. The number of hydrogen-bond donors (Lipinski definition) is 1. The number of thiazole rings is 1. The lowest BCUT2D eigenvalue weighted by Crippen LogP contribution is -2.43. The highest BCUT2D eigenvalue weighted by molar-refractivity contribution is 7.13. The van der Waals surface area contributed by atoms with Gasteiger partial charge in [-0.2, -0.15) is 0 Å². The fourth-order valence-corrected chi connectivity index (χ4v) is 4.12. The molecule has 1 unspecified atom stereocenters. The molecule has 3 aromatic rings. The summed E-state index contributed by atoms with van der Waals surface area (Å²) < 4.78 is 2.07. The maximum absolute atomic E-state index is 13.2. The zero-order chi connectivity index (χ0) is 18.1. The van der Waals surface area contributed by atoms with E-state index in [2.05, 4.69) is 21.8 Å². The number of likely N-dealkylation sites (tertiary alicyclic amines) is 1. The molecule has 26 heavy (non-hydrogen) atoms. The number of rotatable bonds is 4. The van der Waals surface area contributed by atoms with Gasteiger partial charge in [-0.25, -0.2) is 4.98 Å². The molecule has 4 rings (SSSR count). The number of anilines is 1. The highest BCUT2D eigenvalue weighted by Gasteiger charge is 2.35. The van der Waals surface area contributed by atoms with Gasteiger partial charge in [-0.15, -0.1) is 11.3 Å². The van der Waals surface area contributed by atoms with E-state index in [9.17, 15) is 9.59 Å². The molecule has 1 aromatic carbocycles. The van der Waals surface area contributed by atoms with Crippen molar-refractivity contribution in [2.45, 2.75) is 32.4 Å². The van der Waals surface area contributed by atoms with Crippen LogP contribution in [-0.4, -0.2) is 38.9 Å². The molecule has 0 radical (unpaired) electrons. The summed E-state index contributed by atoms with van der Waals surface area (Å²) in [6.45, 7) is 3.45. The van der Waals surface area contributed by atoms with Crippen molar-refractivity contribution >= 4 is 39.2 Å². The topological polar surface area (TPSA) is 67.2 Å².